The van der Waals surface area contributed by atoms with Crippen molar-refractivity contribution in [3.05, 3.63) is 80.9 Å². The van der Waals surface area contributed by atoms with Crippen molar-refractivity contribution in [1.82, 2.24) is 4.98 Å². The molecule has 0 aliphatic carbocycles. The van der Waals surface area contributed by atoms with E-state index in [-0.39, 0.29) is 6.61 Å². The minimum atomic E-state index is -0.493. The molecule has 0 bridgehead atoms. The molecule has 4 aromatic rings. The van der Waals surface area contributed by atoms with Crippen molar-refractivity contribution >= 4 is 43.6 Å². The third kappa shape index (κ3) is 2.96. The molecule has 2 aromatic heterocycles. The van der Waals surface area contributed by atoms with Gasteiger partial charge in [-0.05, 0) is 38.8 Å². The number of fused-ring (bicyclic) bond motifs is 3. The van der Waals surface area contributed by atoms with Crippen molar-refractivity contribution in [1.29, 1.82) is 0 Å². The molecule has 6 heteroatoms. The van der Waals surface area contributed by atoms with Crippen LogP contribution in [0.1, 0.15) is 16.1 Å². The van der Waals surface area contributed by atoms with Gasteiger partial charge < -0.3 is 14.1 Å². The van der Waals surface area contributed by atoms with Gasteiger partial charge in [0.2, 0.25) is 0 Å². The third-order valence-electron chi connectivity index (χ3n) is 3.94. The second-order valence-corrected chi connectivity index (χ2v) is 6.47. The number of halogens is 1. The Morgan fingerprint density at radius 3 is 2.80 bits per heavy atom. The fourth-order valence-corrected chi connectivity index (χ4v) is 3.18. The van der Waals surface area contributed by atoms with E-state index in [1.807, 2.05) is 30.3 Å². The van der Waals surface area contributed by atoms with Crippen LogP contribution >= 0.6 is 15.9 Å². The van der Waals surface area contributed by atoms with E-state index >= 15 is 0 Å². The molecule has 0 aliphatic rings. The van der Waals surface area contributed by atoms with Gasteiger partial charge in [0, 0.05) is 27.7 Å². The molecule has 0 atom stereocenters. The van der Waals surface area contributed by atoms with Crippen molar-refractivity contribution in [2.45, 2.75) is 6.61 Å². The third-order valence-corrected chi connectivity index (χ3v) is 4.40. The van der Waals surface area contributed by atoms with Gasteiger partial charge in [-0.25, -0.2) is 9.59 Å². The molecule has 2 heterocycles. The molecule has 0 saturated heterocycles. The predicted octanol–water partition coefficient (Wildman–Crippen LogP) is 4.39. The zero-order chi connectivity index (χ0) is 17.4. The first-order valence-electron chi connectivity index (χ1n) is 7.57. The summed E-state index contributed by atoms with van der Waals surface area (Å²) in [6.45, 7) is -0.0222. The van der Waals surface area contributed by atoms with Crippen LogP contribution in [0.2, 0.25) is 0 Å². The summed E-state index contributed by atoms with van der Waals surface area (Å²) in [5.41, 5.74) is 0.947. The topological polar surface area (TPSA) is 72.3 Å². The molecular formula is C19H12BrNO4. The van der Waals surface area contributed by atoms with E-state index in [0.717, 1.165) is 20.6 Å². The van der Waals surface area contributed by atoms with E-state index in [0.29, 0.717) is 16.8 Å². The SMILES string of the molecule is O=C(OCc1cc(=O)oc2ccc3ccccc3c12)c1cc(Br)c[nH]1. The fraction of sp³-hybridized carbons (Fsp3) is 0.0526. The molecule has 25 heavy (non-hydrogen) atoms. The van der Waals surface area contributed by atoms with Gasteiger partial charge in [-0.1, -0.05) is 30.3 Å². The highest BCUT2D eigenvalue weighted by Gasteiger charge is 2.14. The Morgan fingerprint density at radius 1 is 1.16 bits per heavy atom. The number of aromatic nitrogens is 1. The number of nitrogens with one attached hydrogen (secondary N) is 1. The Morgan fingerprint density at radius 2 is 2.00 bits per heavy atom. The average Bonchev–Trinajstić information content (AvgIpc) is 3.05. The lowest BCUT2D eigenvalue weighted by Gasteiger charge is -2.09. The Bertz CT molecular complexity index is 1160. The van der Waals surface area contributed by atoms with Crippen molar-refractivity contribution in [2.24, 2.45) is 0 Å². The number of ether oxygens (including phenoxy) is 1. The minimum absolute atomic E-state index is 0.0222. The molecule has 124 valence electrons. The van der Waals surface area contributed by atoms with Gasteiger partial charge in [0.25, 0.3) is 0 Å². The second-order valence-electron chi connectivity index (χ2n) is 5.56. The van der Waals surface area contributed by atoms with E-state index in [1.165, 1.54) is 6.07 Å². The van der Waals surface area contributed by atoms with Crippen molar-refractivity contribution in [2.75, 3.05) is 0 Å². The van der Waals surface area contributed by atoms with Crippen LogP contribution in [0.25, 0.3) is 21.7 Å². The maximum Gasteiger partial charge on any atom is 0.355 e. The summed E-state index contributed by atoms with van der Waals surface area (Å²) in [6, 6.07) is 14.4. The first-order chi connectivity index (χ1) is 12.1. The molecule has 2 aromatic carbocycles. The number of aromatic amines is 1. The summed E-state index contributed by atoms with van der Waals surface area (Å²) < 4.78 is 11.4. The molecule has 1 N–H and O–H groups in total. The number of hydrogen-bond acceptors (Lipinski definition) is 4. The lowest BCUT2D eigenvalue weighted by atomic mass is 10.0. The Kier molecular flexibility index (Phi) is 3.89. The average molecular weight is 398 g/mol. The van der Waals surface area contributed by atoms with Crippen LogP contribution in [0.5, 0.6) is 0 Å². The molecule has 4 rings (SSSR count). The summed E-state index contributed by atoms with van der Waals surface area (Å²) >= 11 is 3.27. The lowest BCUT2D eigenvalue weighted by molar-refractivity contribution is 0.0467. The van der Waals surface area contributed by atoms with Gasteiger partial charge in [-0.15, -0.1) is 0 Å². The number of carbonyl (C=O) groups is 1. The van der Waals surface area contributed by atoms with Crippen molar-refractivity contribution in [3.8, 4) is 0 Å². The van der Waals surface area contributed by atoms with E-state index in [1.54, 1.807) is 18.3 Å². The zero-order valence-electron chi connectivity index (χ0n) is 12.9. The second kappa shape index (κ2) is 6.22. The summed E-state index contributed by atoms with van der Waals surface area (Å²) in [7, 11) is 0. The Balaban J connectivity index is 1.77. The van der Waals surface area contributed by atoms with Gasteiger partial charge >= 0.3 is 11.6 Å². The number of hydrogen-bond donors (Lipinski definition) is 1. The number of rotatable bonds is 3. The van der Waals surface area contributed by atoms with Crippen LogP contribution in [-0.2, 0) is 11.3 Å². The summed E-state index contributed by atoms with van der Waals surface area (Å²) in [6.07, 6.45) is 1.65. The number of H-pyrrole nitrogens is 1. The highest BCUT2D eigenvalue weighted by molar-refractivity contribution is 9.10. The molecule has 0 amide bonds. The molecule has 0 unspecified atom stereocenters. The smallest absolute Gasteiger partial charge is 0.355 e. The highest BCUT2D eigenvalue weighted by atomic mass is 79.9. The van der Waals surface area contributed by atoms with E-state index < -0.39 is 11.6 Å². The summed E-state index contributed by atoms with van der Waals surface area (Å²) in [5.74, 6) is -0.493. The lowest BCUT2D eigenvalue weighted by Crippen LogP contribution is -2.08. The van der Waals surface area contributed by atoms with Crippen LogP contribution < -0.4 is 5.63 Å². The zero-order valence-corrected chi connectivity index (χ0v) is 14.5. The molecule has 5 nitrogen and oxygen atoms in total. The number of carbonyl (C=O) groups excluding carboxylic acids is 1. The molecular weight excluding hydrogens is 386 g/mol. The predicted molar refractivity (Wildman–Crippen MR) is 97.6 cm³/mol. The van der Waals surface area contributed by atoms with Crippen LogP contribution in [0, 0.1) is 0 Å². The van der Waals surface area contributed by atoms with Crippen LogP contribution in [0.3, 0.4) is 0 Å². The fourth-order valence-electron chi connectivity index (χ4n) is 2.84. The van der Waals surface area contributed by atoms with E-state index in [4.69, 9.17) is 9.15 Å². The minimum Gasteiger partial charge on any atom is -0.456 e. The summed E-state index contributed by atoms with van der Waals surface area (Å²) in [4.78, 5) is 26.8. The number of esters is 1. The molecule has 0 fully saturated rings. The first-order valence-corrected chi connectivity index (χ1v) is 8.36. The van der Waals surface area contributed by atoms with Gasteiger partial charge in [0.05, 0.1) is 0 Å². The maximum atomic E-state index is 12.1. The summed E-state index contributed by atoms with van der Waals surface area (Å²) in [5, 5.41) is 2.74. The van der Waals surface area contributed by atoms with Crippen molar-refractivity contribution < 1.29 is 13.9 Å². The maximum absolute atomic E-state index is 12.1. The first kappa shape index (κ1) is 15.7. The van der Waals surface area contributed by atoms with Gasteiger partial charge in [0.1, 0.15) is 17.9 Å². The van der Waals surface area contributed by atoms with E-state index in [9.17, 15) is 9.59 Å². The standard InChI is InChI=1S/C19H12BrNO4/c20-13-8-15(21-9-13)19(23)24-10-12-7-17(22)25-16-6-5-11-3-1-2-4-14(11)18(12)16/h1-9,21H,10H2. The van der Waals surface area contributed by atoms with E-state index in [2.05, 4.69) is 20.9 Å². The van der Waals surface area contributed by atoms with Gasteiger partial charge in [0.15, 0.2) is 0 Å². The molecule has 0 radical (unpaired) electrons. The van der Waals surface area contributed by atoms with Crippen LogP contribution in [0.4, 0.5) is 0 Å². The van der Waals surface area contributed by atoms with Gasteiger partial charge in [-0.3, -0.25) is 0 Å². The normalized spacial score (nSPS) is 11.1. The number of benzene rings is 2. The molecule has 0 spiro atoms. The van der Waals surface area contributed by atoms with Crippen LogP contribution in [-0.4, -0.2) is 11.0 Å². The molecule has 0 saturated carbocycles. The monoisotopic (exact) mass is 397 g/mol. The molecule has 0 aliphatic heterocycles. The van der Waals surface area contributed by atoms with Gasteiger partial charge in [-0.2, -0.15) is 0 Å². The Hall–Kier alpha value is -2.86. The quantitative estimate of drug-likeness (QED) is 0.316. The Labute approximate surface area is 150 Å². The van der Waals surface area contributed by atoms with Crippen molar-refractivity contribution in [3.63, 3.8) is 0 Å². The van der Waals surface area contributed by atoms with Crippen LogP contribution in [0.15, 0.2) is 68.4 Å². The largest absolute Gasteiger partial charge is 0.456 e. The highest BCUT2D eigenvalue weighted by Crippen LogP contribution is 2.28.